The molecule has 0 saturated carbocycles. The van der Waals surface area contributed by atoms with Crippen LogP contribution >= 0.6 is 0 Å². The topological polar surface area (TPSA) is 201 Å². The monoisotopic (exact) mass is 1640 g/mol. The largest absolute Gasteiger partial charge is 0.741 e. The summed E-state index contributed by atoms with van der Waals surface area (Å²) >= 11 is 0. The summed E-state index contributed by atoms with van der Waals surface area (Å²) in [6.45, 7) is 8.13. The van der Waals surface area contributed by atoms with E-state index in [1.165, 1.54) is 58.9 Å². The van der Waals surface area contributed by atoms with Gasteiger partial charge in [0.05, 0.1) is 11.3 Å². The predicted molar refractivity (Wildman–Crippen MR) is 347 cm³/mol. The molecule has 0 unspecified atom stereocenters. The first-order chi connectivity index (χ1) is 44.3. The van der Waals surface area contributed by atoms with Gasteiger partial charge in [-0.05, 0) is 140 Å². The standard InChI is InChI=1S/C24H18N2O.C24H17N2O.2C11H7FN.CHF3O3S.2CH4O.2Ir/c2*1-15-6-9-17(10-7-15)18-12-13-25-22(14-18)21-5-3-4-19-20-11-8-16(2)26-24(20)27-23(19)21;2*12-10-6-7-13-11(8-10)9-4-2-1-3-5-9;2-1(3,4)8(5,6)7;2*1-2;;/h3-14H,1-2H3;3-4,6-14H,1-2H3;2*1-4,6-8H;(H,5,6,7);2*2H,1H3;;/q;3*-1;;;;;/p-1. The summed E-state index contributed by atoms with van der Waals surface area (Å²) in [6, 6.07) is 73.0. The number of alkyl halides is 3. The van der Waals surface area contributed by atoms with Crippen LogP contribution in [-0.2, 0) is 50.3 Å². The number of furan rings is 2. The molecule has 484 valence electrons. The molecule has 8 heterocycles. The minimum absolute atomic E-state index is 0. The van der Waals surface area contributed by atoms with E-state index in [-0.39, 0.29) is 51.8 Å². The fourth-order valence-corrected chi connectivity index (χ4v) is 9.08. The number of aliphatic hydroxyl groups is 2. The number of rotatable bonds is 6. The summed E-state index contributed by atoms with van der Waals surface area (Å²) < 4.78 is 96.7. The third-order valence-electron chi connectivity index (χ3n) is 13.5. The van der Waals surface area contributed by atoms with Gasteiger partial charge in [-0.3, -0.25) is 4.98 Å². The summed E-state index contributed by atoms with van der Waals surface area (Å²) in [5.74, 6) is -0.551. The molecule has 0 saturated heterocycles. The quantitative estimate of drug-likeness (QED) is 0.0690. The second kappa shape index (κ2) is 34.5. The van der Waals surface area contributed by atoms with Gasteiger partial charge in [0.15, 0.2) is 10.1 Å². The zero-order valence-corrected chi connectivity index (χ0v) is 56.6. The Morgan fingerprint density at radius 3 is 1.31 bits per heavy atom. The van der Waals surface area contributed by atoms with Crippen molar-refractivity contribution in [1.82, 2.24) is 29.9 Å². The maximum Gasteiger partial charge on any atom is 0.485 e. The van der Waals surface area contributed by atoms with Gasteiger partial charge < -0.3 is 38.6 Å². The number of aryl methyl sites for hydroxylation is 4. The maximum atomic E-state index is 12.8. The van der Waals surface area contributed by atoms with Crippen LogP contribution < -0.4 is 0 Å². The molecule has 2 radical (unpaired) electrons. The zero-order chi connectivity index (χ0) is 66.0. The Labute approximate surface area is 566 Å². The second-order valence-electron chi connectivity index (χ2n) is 19.9. The van der Waals surface area contributed by atoms with Crippen LogP contribution in [0.5, 0.6) is 0 Å². The van der Waals surface area contributed by atoms with Crippen LogP contribution in [0.2, 0.25) is 0 Å². The van der Waals surface area contributed by atoms with E-state index in [9.17, 15) is 22.0 Å². The summed E-state index contributed by atoms with van der Waals surface area (Å²) in [5, 5.41) is 18.2. The van der Waals surface area contributed by atoms with E-state index in [0.717, 1.165) is 103 Å². The number of hydrogen-bond acceptors (Lipinski definition) is 13. The van der Waals surface area contributed by atoms with E-state index in [1.54, 1.807) is 12.1 Å². The first-order valence-corrected chi connectivity index (χ1v) is 29.4. The van der Waals surface area contributed by atoms with Crippen LogP contribution in [0.25, 0.3) is 111 Å². The molecule has 2 N–H and O–H groups in total. The van der Waals surface area contributed by atoms with Crippen molar-refractivity contribution in [1.29, 1.82) is 0 Å². The van der Waals surface area contributed by atoms with Crippen molar-refractivity contribution < 1.29 is 94.2 Å². The van der Waals surface area contributed by atoms with Gasteiger partial charge in [0.1, 0.15) is 17.2 Å². The Hall–Kier alpha value is -9.40. The molecule has 13 nitrogen and oxygen atoms in total. The number of halogens is 5. The summed E-state index contributed by atoms with van der Waals surface area (Å²) in [5.41, 5.74) is 12.7. The SMILES string of the molecule is CO.CO.Cc1ccc(-c2ccnc(-c3[c-]ccc4c3oc3nc(C)ccc34)c2)cc1.Cc1ccc(-c2ccnc(-c3cccc4c3oc3nc(C)ccc34)c2)cc1.Fc1ccnc(-c2[c-]cccc2)c1.Fc1ccnc(-c2[c-]cccc2)c1.O=S(=O)([O-])C(F)(F)F.[Ir].[Ir]. The van der Waals surface area contributed by atoms with Crippen LogP contribution in [-0.4, -0.2) is 72.8 Å². The van der Waals surface area contributed by atoms with Crippen LogP contribution in [0.3, 0.4) is 0 Å². The molecule has 94 heavy (non-hydrogen) atoms. The molecule has 0 bridgehead atoms. The number of para-hydroxylation sites is 1. The Bertz CT molecular complexity index is 4570. The van der Waals surface area contributed by atoms with Gasteiger partial charge in [-0.25, -0.2) is 27.2 Å². The van der Waals surface area contributed by atoms with Crippen molar-refractivity contribution in [2.45, 2.75) is 33.2 Å². The van der Waals surface area contributed by atoms with Gasteiger partial charge in [-0.2, -0.15) is 13.2 Å². The van der Waals surface area contributed by atoms with Crippen molar-refractivity contribution in [3.05, 3.63) is 277 Å². The fraction of sp³-hybridized carbons (Fsp3) is 0.0959. The molecule has 0 fully saturated rings. The minimum Gasteiger partial charge on any atom is -0.741 e. The smallest absolute Gasteiger partial charge is 0.485 e. The van der Waals surface area contributed by atoms with Crippen LogP contribution in [0.4, 0.5) is 22.0 Å². The van der Waals surface area contributed by atoms with E-state index in [2.05, 4.69) is 147 Å². The number of aromatic nitrogens is 6. The number of aliphatic hydroxyl groups excluding tert-OH is 2. The molecule has 14 aromatic rings. The summed E-state index contributed by atoms with van der Waals surface area (Å²) in [7, 11) is -4.09. The van der Waals surface area contributed by atoms with Gasteiger partial charge >= 0.3 is 5.51 Å². The fourth-order valence-electron chi connectivity index (χ4n) is 9.08. The number of hydrogen-bond donors (Lipinski definition) is 2. The average Bonchev–Trinajstić information content (AvgIpc) is 1.61. The molecule has 0 aliphatic heterocycles. The summed E-state index contributed by atoms with van der Waals surface area (Å²) in [6.07, 6.45) is 6.59. The average molecular weight is 1640 g/mol. The van der Waals surface area contributed by atoms with Gasteiger partial charge in [-0.15, -0.1) is 90.0 Å². The van der Waals surface area contributed by atoms with Gasteiger partial charge in [-0.1, -0.05) is 88.8 Å². The zero-order valence-electron chi connectivity index (χ0n) is 50.9. The second-order valence-corrected chi connectivity index (χ2v) is 21.2. The van der Waals surface area contributed by atoms with Crippen molar-refractivity contribution >= 4 is 54.3 Å². The molecule has 0 aliphatic carbocycles. The third kappa shape index (κ3) is 19.1. The van der Waals surface area contributed by atoms with Crippen LogP contribution in [0.15, 0.2) is 234 Å². The van der Waals surface area contributed by atoms with Crippen molar-refractivity contribution in [2.75, 3.05) is 14.2 Å². The molecule has 8 aromatic heterocycles. The molecule has 0 aliphatic rings. The van der Waals surface area contributed by atoms with E-state index >= 15 is 0 Å². The van der Waals surface area contributed by atoms with E-state index < -0.39 is 15.6 Å². The third-order valence-corrected chi connectivity index (χ3v) is 14.0. The van der Waals surface area contributed by atoms with Gasteiger partial charge in [0.2, 0.25) is 11.4 Å². The molecule has 6 aromatic carbocycles. The van der Waals surface area contributed by atoms with E-state index in [4.69, 9.17) is 32.0 Å². The Morgan fingerprint density at radius 2 is 0.862 bits per heavy atom. The number of pyridine rings is 6. The van der Waals surface area contributed by atoms with Crippen molar-refractivity contribution in [3.63, 3.8) is 0 Å². The normalized spacial score (nSPS) is 10.6. The van der Waals surface area contributed by atoms with Gasteiger partial charge in [0, 0.05) is 112 Å². The molecule has 14 rings (SSSR count). The van der Waals surface area contributed by atoms with E-state index in [1.807, 2.05) is 105 Å². The molecule has 21 heteroatoms. The van der Waals surface area contributed by atoms with Gasteiger partial charge in [0.25, 0.3) is 0 Å². The number of benzene rings is 6. The Kier molecular flexibility index (Phi) is 27.0. The van der Waals surface area contributed by atoms with Crippen LogP contribution in [0, 0.1) is 57.5 Å². The molecule has 0 amide bonds. The molecule has 0 spiro atoms. The Morgan fingerprint density at radius 1 is 0.436 bits per heavy atom. The first kappa shape index (κ1) is 73.6. The maximum absolute atomic E-state index is 12.8. The molecule has 0 atom stereocenters. The van der Waals surface area contributed by atoms with Crippen molar-refractivity contribution in [3.8, 4) is 67.3 Å². The first-order valence-electron chi connectivity index (χ1n) is 28.0. The minimum atomic E-state index is -6.09. The predicted octanol–water partition coefficient (Wildman–Crippen LogP) is 17.1. The Balaban J connectivity index is 0.000000194. The number of nitrogens with zero attached hydrogens (tertiary/aromatic N) is 6. The number of fused-ring (bicyclic) bond motifs is 6. The van der Waals surface area contributed by atoms with Crippen LogP contribution in [0.1, 0.15) is 22.5 Å². The molecular weight excluding hydrogens is 1580 g/mol. The summed E-state index contributed by atoms with van der Waals surface area (Å²) in [4.78, 5) is 26.3. The van der Waals surface area contributed by atoms with E-state index in [0.29, 0.717) is 22.8 Å². The molecular formula is C73H57F5Ir2N6O7S-4. The van der Waals surface area contributed by atoms with Crippen molar-refractivity contribution in [2.24, 2.45) is 0 Å².